The lowest BCUT2D eigenvalue weighted by molar-refractivity contribution is -0.472. The standard InChI is InChI=1S/C12H4ClF11N2O4/c13-4-1-2-6(26(28)29)5(3-4)25-7(27)8(14,10(17,18)19)30-12(23,24)9(15,16)11(20,21)22/h1-3H,(H,25,27). The van der Waals surface area contributed by atoms with Crippen LogP contribution >= 0.6 is 11.6 Å². The fraction of sp³-hybridized carbons (Fsp3) is 0.417. The number of carbonyl (C=O) groups is 1. The van der Waals surface area contributed by atoms with Gasteiger partial charge in [-0.15, -0.1) is 0 Å². The number of hydrogen-bond donors (Lipinski definition) is 1. The molecule has 1 aromatic carbocycles. The van der Waals surface area contributed by atoms with Crippen molar-refractivity contribution >= 4 is 28.9 Å². The van der Waals surface area contributed by atoms with Crippen molar-refractivity contribution in [3.8, 4) is 0 Å². The first-order valence-corrected chi connectivity index (χ1v) is 7.08. The minimum absolute atomic E-state index is 0.330. The smallest absolute Gasteiger partial charge is 0.315 e. The molecule has 30 heavy (non-hydrogen) atoms. The SMILES string of the molecule is O=C(Nc1cc(Cl)ccc1[N+](=O)[O-])C(F)(OC(F)(F)C(F)(F)C(F)(F)F)C(F)(F)F. The van der Waals surface area contributed by atoms with E-state index in [1.807, 2.05) is 4.74 Å². The second-order valence-corrected chi connectivity index (χ2v) is 5.59. The van der Waals surface area contributed by atoms with Crippen molar-refractivity contribution in [2.45, 2.75) is 30.2 Å². The van der Waals surface area contributed by atoms with Gasteiger partial charge in [0.2, 0.25) is 0 Å². The van der Waals surface area contributed by atoms with E-state index in [1.54, 1.807) is 0 Å². The van der Waals surface area contributed by atoms with E-state index in [9.17, 15) is 63.2 Å². The number of ether oxygens (including phenoxy) is 1. The molecule has 1 unspecified atom stereocenters. The summed E-state index contributed by atoms with van der Waals surface area (Å²) in [4.78, 5) is 20.9. The lowest BCUT2D eigenvalue weighted by Crippen LogP contribution is -2.62. The average Bonchev–Trinajstić information content (AvgIpc) is 2.51. The molecule has 1 aromatic rings. The predicted molar refractivity (Wildman–Crippen MR) is 73.7 cm³/mol. The van der Waals surface area contributed by atoms with Crippen LogP contribution in [-0.4, -0.2) is 41.1 Å². The zero-order chi connectivity index (χ0) is 23.9. The number of benzene rings is 1. The van der Waals surface area contributed by atoms with Crippen LogP contribution in [0.1, 0.15) is 0 Å². The minimum Gasteiger partial charge on any atom is -0.315 e. The van der Waals surface area contributed by atoms with Crippen molar-refractivity contribution in [2.75, 3.05) is 5.32 Å². The van der Waals surface area contributed by atoms with Crippen LogP contribution in [0.3, 0.4) is 0 Å². The van der Waals surface area contributed by atoms with Crippen molar-refractivity contribution in [3.05, 3.63) is 33.3 Å². The molecule has 0 aliphatic heterocycles. The molecule has 6 nitrogen and oxygen atoms in total. The summed E-state index contributed by atoms with van der Waals surface area (Å²) in [5.74, 6) is -17.3. The lowest BCUT2D eigenvalue weighted by atomic mass is 10.2. The summed E-state index contributed by atoms with van der Waals surface area (Å²) in [6.45, 7) is 0. The molecule has 0 fully saturated rings. The molecule has 170 valence electrons. The highest BCUT2D eigenvalue weighted by molar-refractivity contribution is 6.31. The van der Waals surface area contributed by atoms with Gasteiger partial charge in [0.1, 0.15) is 5.69 Å². The molecule has 1 N–H and O–H groups in total. The van der Waals surface area contributed by atoms with Crippen LogP contribution in [0.15, 0.2) is 18.2 Å². The normalized spacial score (nSPS) is 15.5. The van der Waals surface area contributed by atoms with Gasteiger partial charge in [-0.05, 0) is 12.1 Å². The third kappa shape index (κ3) is 4.66. The molecule has 0 saturated heterocycles. The van der Waals surface area contributed by atoms with E-state index in [0.29, 0.717) is 12.1 Å². The van der Waals surface area contributed by atoms with Gasteiger partial charge in [0.05, 0.1) is 4.92 Å². The summed E-state index contributed by atoms with van der Waals surface area (Å²) in [6, 6.07) is 1.55. The Morgan fingerprint density at radius 3 is 1.87 bits per heavy atom. The third-order valence-corrected chi connectivity index (χ3v) is 3.29. The lowest BCUT2D eigenvalue weighted by Gasteiger charge is -2.34. The van der Waals surface area contributed by atoms with E-state index >= 15 is 0 Å². The molecule has 0 spiro atoms. The highest BCUT2D eigenvalue weighted by Gasteiger charge is 2.79. The van der Waals surface area contributed by atoms with Crippen molar-refractivity contribution in [3.63, 3.8) is 0 Å². The Hall–Kier alpha value is -2.43. The monoisotopic (exact) mass is 484 g/mol. The first-order chi connectivity index (χ1) is 13.2. The van der Waals surface area contributed by atoms with Crippen molar-refractivity contribution in [1.82, 2.24) is 0 Å². The maximum atomic E-state index is 14.1. The molecule has 0 heterocycles. The zero-order valence-corrected chi connectivity index (χ0v) is 14.1. The van der Waals surface area contributed by atoms with Crippen LogP contribution in [-0.2, 0) is 9.53 Å². The summed E-state index contributed by atoms with van der Waals surface area (Å²) >= 11 is 5.36. The van der Waals surface area contributed by atoms with Gasteiger partial charge >= 0.3 is 30.2 Å². The van der Waals surface area contributed by atoms with Gasteiger partial charge in [0, 0.05) is 11.1 Å². The van der Waals surface area contributed by atoms with Crippen LogP contribution in [0.5, 0.6) is 0 Å². The van der Waals surface area contributed by atoms with E-state index in [-0.39, 0.29) is 0 Å². The van der Waals surface area contributed by atoms with Gasteiger partial charge in [-0.3, -0.25) is 19.6 Å². The van der Waals surface area contributed by atoms with Crippen LogP contribution in [0, 0.1) is 10.1 Å². The number of nitrogens with one attached hydrogen (secondary N) is 1. The molecule has 0 radical (unpaired) electrons. The Kier molecular flexibility index (Phi) is 6.55. The summed E-state index contributed by atoms with van der Waals surface area (Å²) in [7, 11) is 0. The zero-order valence-electron chi connectivity index (χ0n) is 13.3. The molecule has 18 heteroatoms. The molecule has 0 bridgehead atoms. The molecule has 1 amide bonds. The minimum atomic E-state index is -7.37. The van der Waals surface area contributed by atoms with Gasteiger partial charge in [0.25, 0.3) is 11.6 Å². The van der Waals surface area contributed by atoms with Gasteiger partial charge in [0.15, 0.2) is 0 Å². The Bertz CT molecular complexity index is 842. The number of halogens is 12. The number of alkyl halides is 11. The topological polar surface area (TPSA) is 81.5 Å². The number of nitrogens with zero attached hydrogens (tertiary/aromatic N) is 1. The number of hydrogen-bond acceptors (Lipinski definition) is 4. The number of nitro benzene ring substituents is 1. The second kappa shape index (κ2) is 7.68. The van der Waals surface area contributed by atoms with E-state index in [0.717, 1.165) is 11.4 Å². The number of carbonyl (C=O) groups excluding carboxylic acids is 1. The van der Waals surface area contributed by atoms with Gasteiger partial charge in [-0.2, -0.15) is 48.3 Å². The first-order valence-electron chi connectivity index (χ1n) is 6.71. The van der Waals surface area contributed by atoms with Crippen LogP contribution in [0.25, 0.3) is 0 Å². The molecule has 1 rings (SSSR count). The number of nitro groups is 1. The highest BCUT2D eigenvalue weighted by atomic mass is 35.5. The van der Waals surface area contributed by atoms with Crippen LogP contribution < -0.4 is 5.32 Å². The summed E-state index contributed by atoms with van der Waals surface area (Å²) in [5, 5.41) is 11.0. The van der Waals surface area contributed by atoms with Crippen molar-refractivity contribution in [2.24, 2.45) is 0 Å². The highest BCUT2D eigenvalue weighted by Crippen LogP contribution is 2.51. The molecule has 1 atom stereocenters. The van der Waals surface area contributed by atoms with E-state index in [4.69, 9.17) is 11.6 Å². The van der Waals surface area contributed by atoms with Gasteiger partial charge < -0.3 is 5.32 Å². The average molecular weight is 485 g/mol. The van der Waals surface area contributed by atoms with E-state index in [1.165, 1.54) is 0 Å². The fourth-order valence-electron chi connectivity index (χ4n) is 1.61. The van der Waals surface area contributed by atoms with E-state index < -0.39 is 57.5 Å². The fourth-order valence-corrected chi connectivity index (χ4v) is 1.78. The number of rotatable bonds is 6. The molecule has 0 aromatic heterocycles. The third-order valence-electron chi connectivity index (χ3n) is 3.05. The number of amides is 1. The Labute approximate surface area is 161 Å². The largest absolute Gasteiger partial charge is 0.462 e. The molecule has 0 aliphatic carbocycles. The van der Waals surface area contributed by atoms with Crippen molar-refractivity contribution < 1.29 is 62.7 Å². The van der Waals surface area contributed by atoms with Crippen molar-refractivity contribution in [1.29, 1.82) is 0 Å². The Morgan fingerprint density at radius 1 is 0.967 bits per heavy atom. The second-order valence-electron chi connectivity index (χ2n) is 5.16. The maximum Gasteiger partial charge on any atom is 0.462 e. The first kappa shape index (κ1) is 25.6. The maximum absolute atomic E-state index is 14.1. The number of anilines is 1. The molecular weight excluding hydrogens is 481 g/mol. The molecular formula is C12H4ClF11N2O4. The quantitative estimate of drug-likeness (QED) is 0.341. The van der Waals surface area contributed by atoms with Gasteiger partial charge in [-0.1, -0.05) is 11.6 Å². The Balaban J connectivity index is 3.45. The summed E-state index contributed by atoms with van der Waals surface area (Å²) in [6.07, 6.45) is -21.4. The van der Waals surface area contributed by atoms with E-state index in [2.05, 4.69) is 0 Å². The Morgan fingerprint density at radius 2 is 1.47 bits per heavy atom. The molecule has 0 saturated carbocycles. The molecule has 0 aliphatic rings. The van der Waals surface area contributed by atoms with Crippen LogP contribution in [0.4, 0.5) is 59.7 Å². The summed E-state index contributed by atoms with van der Waals surface area (Å²) in [5.41, 5.74) is -2.62. The van der Waals surface area contributed by atoms with Gasteiger partial charge in [-0.25, -0.2) is 0 Å². The summed E-state index contributed by atoms with van der Waals surface area (Å²) < 4.78 is 143. The predicted octanol–water partition coefficient (Wildman–Crippen LogP) is 5.22. The van der Waals surface area contributed by atoms with Crippen LogP contribution in [0.2, 0.25) is 5.02 Å².